The normalized spacial score (nSPS) is 14.4. The molecule has 0 aliphatic carbocycles. The zero-order chi connectivity index (χ0) is 10.2. The van der Waals surface area contributed by atoms with E-state index in [1.165, 1.54) is 5.57 Å². The molecule has 0 fully saturated rings. The summed E-state index contributed by atoms with van der Waals surface area (Å²) in [5, 5.41) is 11.4. The summed E-state index contributed by atoms with van der Waals surface area (Å²) in [5.74, 6) is -0.711. The third-order valence-electron chi connectivity index (χ3n) is 2.00. The minimum absolute atomic E-state index is 0.269. The van der Waals surface area contributed by atoms with Crippen molar-refractivity contribution in [2.75, 3.05) is 0 Å². The van der Waals surface area contributed by atoms with Gasteiger partial charge in [-0.2, -0.15) is 0 Å². The second kappa shape index (κ2) is 6.02. The molecule has 3 nitrogen and oxygen atoms in total. The molecular weight excluding hydrogens is 178 g/mol. The first-order valence-electron chi connectivity index (χ1n) is 4.79. The second-order valence-electron chi connectivity index (χ2n) is 3.20. The first-order valence-corrected chi connectivity index (χ1v) is 4.79. The van der Waals surface area contributed by atoms with Gasteiger partial charge in [0, 0.05) is 18.8 Å². The summed E-state index contributed by atoms with van der Waals surface area (Å²) in [6.45, 7) is 0. The van der Waals surface area contributed by atoms with E-state index in [2.05, 4.69) is 5.32 Å². The van der Waals surface area contributed by atoms with Crippen LogP contribution in [0.15, 0.2) is 36.2 Å². The number of carboxylic acid groups (broad SMARTS) is 1. The van der Waals surface area contributed by atoms with E-state index >= 15 is 0 Å². The van der Waals surface area contributed by atoms with Crippen LogP contribution in [0, 0.1) is 0 Å². The van der Waals surface area contributed by atoms with Crippen LogP contribution < -0.4 is 5.32 Å². The standard InChI is InChI=1S/C11H15NO2/c13-11(14)6-2-1-4-10-5-3-8-12-9-7-10/h3,5,7-9,12H,1-2,4,6H2,(H,13,14). The quantitative estimate of drug-likeness (QED) is 0.658. The van der Waals surface area contributed by atoms with Crippen LogP contribution in [0.4, 0.5) is 0 Å². The van der Waals surface area contributed by atoms with Gasteiger partial charge in [0.25, 0.3) is 0 Å². The molecule has 0 aromatic rings. The molecule has 0 atom stereocenters. The molecule has 0 saturated carbocycles. The Balaban J connectivity index is 2.20. The van der Waals surface area contributed by atoms with Gasteiger partial charge >= 0.3 is 5.97 Å². The number of aliphatic carboxylic acids is 1. The highest BCUT2D eigenvalue weighted by Gasteiger charge is 1.98. The Morgan fingerprint density at radius 2 is 2.21 bits per heavy atom. The van der Waals surface area contributed by atoms with Crippen LogP contribution in [0.5, 0.6) is 0 Å². The first kappa shape index (κ1) is 10.6. The summed E-state index contributed by atoms with van der Waals surface area (Å²) < 4.78 is 0. The lowest BCUT2D eigenvalue weighted by molar-refractivity contribution is -0.137. The van der Waals surface area contributed by atoms with Crippen molar-refractivity contribution < 1.29 is 9.90 Å². The van der Waals surface area contributed by atoms with Crippen LogP contribution in [0.2, 0.25) is 0 Å². The van der Waals surface area contributed by atoms with Crippen molar-refractivity contribution in [1.29, 1.82) is 0 Å². The molecule has 76 valence electrons. The van der Waals surface area contributed by atoms with E-state index in [1.54, 1.807) is 0 Å². The summed E-state index contributed by atoms with van der Waals surface area (Å²) >= 11 is 0. The van der Waals surface area contributed by atoms with Crippen molar-refractivity contribution in [2.45, 2.75) is 25.7 Å². The van der Waals surface area contributed by atoms with Gasteiger partial charge in [-0.15, -0.1) is 0 Å². The van der Waals surface area contributed by atoms with E-state index in [0.717, 1.165) is 19.3 Å². The van der Waals surface area contributed by atoms with Crippen LogP contribution in [0.25, 0.3) is 0 Å². The molecule has 3 heteroatoms. The van der Waals surface area contributed by atoms with Crippen molar-refractivity contribution in [1.82, 2.24) is 5.32 Å². The molecule has 0 spiro atoms. The fraction of sp³-hybridized carbons (Fsp3) is 0.364. The van der Waals surface area contributed by atoms with Crippen molar-refractivity contribution >= 4 is 5.97 Å². The zero-order valence-corrected chi connectivity index (χ0v) is 8.07. The van der Waals surface area contributed by atoms with E-state index < -0.39 is 5.97 Å². The number of hydrogen-bond donors (Lipinski definition) is 2. The lowest BCUT2D eigenvalue weighted by Crippen LogP contribution is -1.93. The maximum Gasteiger partial charge on any atom is 0.303 e. The number of allylic oxidation sites excluding steroid dienone is 4. The van der Waals surface area contributed by atoms with Gasteiger partial charge in [-0.3, -0.25) is 4.79 Å². The second-order valence-corrected chi connectivity index (χ2v) is 3.20. The van der Waals surface area contributed by atoms with Gasteiger partial charge in [0.05, 0.1) is 0 Å². The average molecular weight is 193 g/mol. The fourth-order valence-corrected chi connectivity index (χ4v) is 1.27. The van der Waals surface area contributed by atoms with Gasteiger partial charge in [0.1, 0.15) is 0 Å². The van der Waals surface area contributed by atoms with Gasteiger partial charge in [-0.1, -0.05) is 6.08 Å². The van der Waals surface area contributed by atoms with E-state index in [9.17, 15) is 4.79 Å². The predicted molar refractivity (Wildman–Crippen MR) is 55.6 cm³/mol. The zero-order valence-electron chi connectivity index (χ0n) is 8.07. The Hall–Kier alpha value is -1.51. The van der Waals surface area contributed by atoms with Crippen molar-refractivity contribution in [2.24, 2.45) is 0 Å². The molecule has 0 aromatic carbocycles. The third-order valence-corrected chi connectivity index (χ3v) is 2.00. The van der Waals surface area contributed by atoms with Crippen molar-refractivity contribution in [3.8, 4) is 0 Å². The predicted octanol–water partition coefficient (Wildman–Crippen LogP) is 2.19. The molecule has 0 bridgehead atoms. The molecule has 2 N–H and O–H groups in total. The molecule has 0 radical (unpaired) electrons. The third kappa shape index (κ3) is 4.50. The number of carbonyl (C=O) groups is 1. The van der Waals surface area contributed by atoms with Crippen LogP contribution in [0.1, 0.15) is 25.7 Å². The van der Waals surface area contributed by atoms with Gasteiger partial charge in [-0.05, 0) is 37.0 Å². The van der Waals surface area contributed by atoms with Crippen LogP contribution in [0.3, 0.4) is 0 Å². The highest BCUT2D eigenvalue weighted by molar-refractivity contribution is 5.66. The molecule has 0 aromatic heterocycles. The molecule has 1 aliphatic heterocycles. The number of rotatable bonds is 5. The largest absolute Gasteiger partial charge is 0.481 e. The van der Waals surface area contributed by atoms with Gasteiger partial charge in [0.2, 0.25) is 0 Å². The lowest BCUT2D eigenvalue weighted by atomic mass is 10.1. The van der Waals surface area contributed by atoms with E-state index in [1.807, 2.05) is 30.6 Å². The number of unbranched alkanes of at least 4 members (excludes halogenated alkanes) is 1. The number of hydrogen-bond acceptors (Lipinski definition) is 2. The van der Waals surface area contributed by atoms with E-state index in [4.69, 9.17) is 5.11 Å². The monoisotopic (exact) mass is 193 g/mol. The highest BCUT2D eigenvalue weighted by atomic mass is 16.4. The minimum Gasteiger partial charge on any atom is -0.481 e. The molecular formula is C11H15NO2. The summed E-state index contributed by atoms with van der Waals surface area (Å²) in [4.78, 5) is 10.3. The first-order chi connectivity index (χ1) is 6.79. The van der Waals surface area contributed by atoms with Crippen molar-refractivity contribution in [3.63, 3.8) is 0 Å². The minimum atomic E-state index is -0.711. The maximum atomic E-state index is 10.3. The van der Waals surface area contributed by atoms with Gasteiger partial charge in [0.15, 0.2) is 0 Å². The summed E-state index contributed by atoms with van der Waals surface area (Å²) in [6, 6.07) is 0. The van der Waals surface area contributed by atoms with Crippen molar-refractivity contribution in [3.05, 3.63) is 36.2 Å². The molecule has 0 unspecified atom stereocenters. The molecule has 0 amide bonds. The van der Waals surface area contributed by atoms with Crippen LogP contribution >= 0.6 is 0 Å². The Bertz CT molecular complexity index is 277. The van der Waals surface area contributed by atoms with Crippen LogP contribution in [-0.4, -0.2) is 11.1 Å². The van der Waals surface area contributed by atoms with E-state index in [0.29, 0.717) is 0 Å². The maximum absolute atomic E-state index is 10.3. The molecule has 1 aliphatic rings. The molecule has 1 heterocycles. The molecule has 1 rings (SSSR count). The topological polar surface area (TPSA) is 49.3 Å². The average Bonchev–Trinajstić information content (AvgIpc) is 2.40. The lowest BCUT2D eigenvalue weighted by Gasteiger charge is -1.99. The highest BCUT2D eigenvalue weighted by Crippen LogP contribution is 2.11. The Morgan fingerprint density at radius 1 is 1.36 bits per heavy atom. The Kier molecular flexibility index (Phi) is 4.55. The summed E-state index contributed by atoms with van der Waals surface area (Å²) in [6.07, 6.45) is 12.6. The summed E-state index contributed by atoms with van der Waals surface area (Å²) in [5.41, 5.74) is 1.23. The summed E-state index contributed by atoms with van der Waals surface area (Å²) in [7, 11) is 0. The fourth-order valence-electron chi connectivity index (χ4n) is 1.27. The smallest absolute Gasteiger partial charge is 0.303 e. The van der Waals surface area contributed by atoms with Gasteiger partial charge < -0.3 is 10.4 Å². The molecule has 0 saturated heterocycles. The number of carboxylic acids is 1. The Labute approximate surface area is 83.8 Å². The van der Waals surface area contributed by atoms with Gasteiger partial charge in [-0.25, -0.2) is 0 Å². The Morgan fingerprint density at radius 3 is 3.00 bits per heavy atom. The van der Waals surface area contributed by atoms with Crippen LogP contribution in [-0.2, 0) is 4.79 Å². The SMILES string of the molecule is O=C(O)CCCCC1=CC=CNC=C1. The van der Waals surface area contributed by atoms with E-state index in [-0.39, 0.29) is 6.42 Å². The molecule has 14 heavy (non-hydrogen) atoms. The number of nitrogens with one attached hydrogen (secondary N) is 1.